The van der Waals surface area contributed by atoms with E-state index < -0.39 is 11.2 Å². The Bertz CT molecular complexity index is 433. The summed E-state index contributed by atoms with van der Waals surface area (Å²) >= 11 is 4.09. The molecular weight excluding hydrogens is 288 g/mol. The first kappa shape index (κ1) is 18.0. The number of hydrogen-bond donors (Lipinski definition) is 3. The number of nitrogens with zero attached hydrogens (tertiary/aromatic N) is 1. The van der Waals surface area contributed by atoms with E-state index >= 15 is 0 Å². The molecule has 0 aromatic rings. The molecule has 2 N–H and O–H groups in total. The second-order valence-electron chi connectivity index (χ2n) is 6.65. The highest BCUT2D eigenvalue weighted by atomic mass is 32.1. The molecule has 5 nitrogen and oxygen atoms in total. The maximum Gasteiger partial charge on any atom is 0.410 e. The number of thiol groups is 1. The van der Waals surface area contributed by atoms with Crippen LogP contribution in [0.4, 0.5) is 4.79 Å². The molecule has 0 bridgehead atoms. The summed E-state index contributed by atoms with van der Waals surface area (Å²) in [4.78, 5) is 13.6. The molecule has 1 heterocycles. The molecule has 0 atom stereocenters. The normalized spacial score (nSPS) is 19.3. The molecule has 1 aliphatic rings. The maximum absolute atomic E-state index is 12.0. The lowest BCUT2D eigenvalue weighted by Crippen LogP contribution is -2.48. The predicted octanol–water partition coefficient (Wildman–Crippen LogP) is 2.99. The van der Waals surface area contributed by atoms with Crippen molar-refractivity contribution in [3.63, 3.8) is 0 Å². The molecule has 0 saturated carbocycles. The second kappa shape index (κ2) is 6.83. The van der Waals surface area contributed by atoms with Gasteiger partial charge in [-0.1, -0.05) is 0 Å². The Hall–Kier alpha value is -1.01. The van der Waals surface area contributed by atoms with Gasteiger partial charge < -0.3 is 20.2 Å². The first-order valence-corrected chi connectivity index (χ1v) is 7.67. The van der Waals surface area contributed by atoms with Crippen molar-refractivity contribution < 1.29 is 14.6 Å². The van der Waals surface area contributed by atoms with E-state index in [1.165, 1.54) is 0 Å². The van der Waals surface area contributed by atoms with E-state index in [1.807, 2.05) is 20.8 Å². The Morgan fingerprint density at radius 3 is 2.33 bits per heavy atom. The van der Waals surface area contributed by atoms with E-state index in [0.717, 1.165) is 5.57 Å². The Morgan fingerprint density at radius 1 is 1.43 bits per heavy atom. The van der Waals surface area contributed by atoms with Gasteiger partial charge in [0.2, 0.25) is 0 Å². The first-order chi connectivity index (χ1) is 9.56. The van der Waals surface area contributed by atoms with Crippen LogP contribution in [0.1, 0.15) is 47.0 Å². The van der Waals surface area contributed by atoms with Crippen LogP contribution >= 0.6 is 12.6 Å². The van der Waals surface area contributed by atoms with Crippen molar-refractivity contribution in [1.82, 2.24) is 4.90 Å². The van der Waals surface area contributed by atoms with E-state index in [9.17, 15) is 9.90 Å². The lowest BCUT2D eigenvalue weighted by Gasteiger charge is -2.39. The Kier molecular flexibility index (Phi) is 5.87. The lowest BCUT2D eigenvalue weighted by atomic mass is 9.84. The van der Waals surface area contributed by atoms with Gasteiger partial charge in [0.15, 0.2) is 0 Å². The van der Waals surface area contributed by atoms with Crippen LogP contribution in [0.15, 0.2) is 11.0 Å². The fourth-order valence-electron chi connectivity index (χ4n) is 2.24. The van der Waals surface area contributed by atoms with Crippen LogP contribution in [0.2, 0.25) is 0 Å². The number of amides is 1. The van der Waals surface area contributed by atoms with Crippen LogP contribution in [0.5, 0.6) is 0 Å². The summed E-state index contributed by atoms with van der Waals surface area (Å²) in [5.74, 6) is 0. The van der Waals surface area contributed by atoms with Crippen molar-refractivity contribution in [2.45, 2.75) is 58.2 Å². The first-order valence-electron chi connectivity index (χ1n) is 7.15. The number of rotatable bonds is 3. The van der Waals surface area contributed by atoms with Crippen molar-refractivity contribution in [3.8, 4) is 0 Å². The van der Waals surface area contributed by atoms with Crippen molar-refractivity contribution in [1.29, 1.82) is 5.41 Å². The maximum atomic E-state index is 12.0. The number of ether oxygens (including phenoxy) is 1. The summed E-state index contributed by atoms with van der Waals surface area (Å²) in [6.45, 7) is 8.11. The number of hydrogen-bond acceptors (Lipinski definition) is 5. The van der Waals surface area contributed by atoms with E-state index in [1.54, 1.807) is 17.2 Å². The third-order valence-electron chi connectivity index (χ3n) is 3.50. The topological polar surface area (TPSA) is 73.6 Å². The van der Waals surface area contributed by atoms with Crippen molar-refractivity contribution in [3.05, 3.63) is 11.0 Å². The zero-order valence-corrected chi connectivity index (χ0v) is 14.2. The summed E-state index contributed by atoms with van der Waals surface area (Å²) in [7, 11) is 0. The smallest absolute Gasteiger partial charge is 0.410 e. The SMILES string of the molecule is CC(=N)/C(=C\S)CC1(O)CCN(C(=O)OC(C)(C)C)CC1. The summed E-state index contributed by atoms with van der Waals surface area (Å²) in [6.07, 6.45) is 1.02. The minimum atomic E-state index is -0.880. The fraction of sp³-hybridized carbons (Fsp3) is 0.733. The van der Waals surface area contributed by atoms with Crippen molar-refractivity contribution in [2.24, 2.45) is 0 Å². The van der Waals surface area contributed by atoms with Crippen LogP contribution in [-0.4, -0.2) is 46.1 Å². The van der Waals surface area contributed by atoms with Crippen molar-refractivity contribution >= 4 is 24.4 Å². The number of aliphatic hydroxyl groups is 1. The molecule has 0 unspecified atom stereocenters. The van der Waals surface area contributed by atoms with Gasteiger partial charge in [-0.15, -0.1) is 0 Å². The van der Waals surface area contributed by atoms with Crippen LogP contribution < -0.4 is 0 Å². The molecule has 1 fully saturated rings. The van der Waals surface area contributed by atoms with E-state index in [2.05, 4.69) is 12.6 Å². The Balaban J connectivity index is 2.58. The van der Waals surface area contributed by atoms with Gasteiger partial charge >= 0.3 is 6.09 Å². The molecule has 120 valence electrons. The molecule has 0 spiro atoms. The van der Waals surface area contributed by atoms with Crippen LogP contribution in [-0.2, 0) is 4.74 Å². The monoisotopic (exact) mass is 314 g/mol. The lowest BCUT2D eigenvalue weighted by molar-refractivity contribution is -0.0308. The van der Waals surface area contributed by atoms with Crippen LogP contribution in [0, 0.1) is 5.41 Å². The van der Waals surface area contributed by atoms with Crippen LogP contribution in [0.3, 0.4) is 0 Å². The number of carbonyl (C=O) groups excluding carboxylic acids is 1. The Morgan fingerprint density at radius 2 is 1.95 bits per heavy atom. The number of nitrogens with one attached hydrogen (secondary N) is 1. The summed E-state index contributed by atoms with van der Waals surface area (Å²) in [6, 6.07) is 0. The number of carbonyl (C=O) groups is 1. The van der Waals surface area contributed by atoms with E-state index in [-0.39, 0.29) is 6.09 Å². The predicted molar refractivity (Wildman–Crippen MR) is 87.1 cm³/mol. The molecule has 0 radical (unpaired) electrons. The molecule has 0 aromatic carbocycles. The quantitative estimate of drug-likeness (QED) is 0.554. The summed E-state index contributed by atoms with van der Waals surface area (Å²) in [5.41, 5.74) is -0.251. The van der Waals surface area contributed by atoms with Gasteiger partial charge in [-0.05, 0) is 51.5 Å². The highest BCUT2D eigenvalue weighted by Gasteiger charge is 2.36. The summed E-state index contributed by atoms with van der Waals surface area (Å²) < 4.78 is 5.33. The zero-order valence-electron chi connectivity index (χ0n) is 13.3. The molecule has 21 heavy (non-hydrogen) atoms. The highest BCUT2D eigenvalue weighted by Crippen LogP contribution is 2.30. The molecular formula is C15H26N2O3S. The average Bonchev–Trinajstić information content (AvgIpc) is 2.34. The van der Waals surface area contributed by atoms with Crippen LogP contribution in [0.25, 0.3) is 0 Å². The fourth-order valence-corrected chi connectivity index (χ4v) is 2.52. The molecule has 0 aromatic heterocycles. The van der Waals surface area contributed by atoms with Gasteiger partial charge in [0.25, 0.3) is 0 Å². The highest BCUT2D eigenvalue weighted by molar-refractivity contribution is 7.83. The molecule has 1 saturated heterocycles. The van der Waals surface area contributed by atoms with Gasteiger partial charge in [0.05, 0.1) is 5.60 Å². The second-order valence-corrected chi connectivity index (χ2v) is 6.91. The third kappa shape index (κ3) is 5.71. The Labute approximate surface area is 132 Å². The molecule has 1 amide bonds. The molecule has 1 rings (SSSR count). The molecule has 1 aliphatic heterocycles. The van der Waals surface area contributed by atoms with Gasteiger partial charge in [0, 0.05) is 25.2 Å². The number of piperidine rings is 1. The van der Waals surface area contributed by atoms with Gasteiger partial charge in [-0.25, -0.2) is 4.79 Å². The molecule has 0 aliphatic carbocycles. The largest absolute Gasteiger partial charge is 0.444 e. The number of likely N-dealkylation sites (tertiary alicyclic amines) is 1. The summed E-state index contributed by atoms with van der Waals surface area (Å²) in [5, 5.41) is 19.8. The minimum Gasteiger partial charge on any atom is -0.444 e. The van der Waals surface area contributed by atoms with Gasteiger partial charge in [0.1, 0.15) is 5.60 Å². The minimum absolute atomic E-state index is 0.335. The van der Waals surface area contributed by atoms with E-state index in [4.69, 9.17) is 10.1 Å². The van der Waals surface area contributed by atoms with Crippen molar-refractivity contribution in [2.75, 3.05) is 13.1 Å². The average molecular weight is 314 g/mol. The van der Waals surface area contributed by atoms with Gasteiger partial charge in [-0.3, -0.25) is 0 Å². The standard InChI is InChI=1S/C15H26N2O3S/c1-11(16)12(10-21)9-15(19)5-7-17(8-6-15)13(18)20-14(2,3)4/h10,16,19,21H,5-9H2,1-4H3/b12-10-,16-11?. The molecule has 6 heteroatoms. The third-order valence-corrected chi connectivity index (χ3v) is 3.81. The van der Waals surface area contributed by atoms with Gasteiger partial charge in [-0.2, -0.15) is 12.6 Å². The zero-order chi connectivity index (χ0) is 16.3. The van der Waals surface area contributed by atoms with E-state index in [0.29, 0.717) is 38.1 Å².